The molecule has 0 radical (unpaired) electrons. The second-order valence-corrected chi connectivity index (χ2v) is 8.95. The van der Waals surface area contributed by atoms with E-state index in [0.717, 1.165) is 12.0 Å². The van der Waals surface area contributed by atoms with Gasteiger partial charge >= 0.3 is 24.5 Å². The number of hydrogen-bond acceptors (Lipinski definition) is 6. The summed E-state index contributed by atoms with van der Waals surface area (Å²) in [5.74, 6) is 0.605. The molecule has 2 heterocycles. The van der Waals surface area contributed by atoms with E-state index in [1.54, 1.807) is 13.8 Å². The molecule has 0 spiro atoms. The van der Waals surface area contributed by atoms with Gasteiger partial charge in [-0.15, -0.1) is 0 Å². The molecule has 0 fully saturated rings. The predicted molar refractivity (Wildman–Crippen MR) is 123 cm³/mol. The molecule has 2 unspecified atom stereocenters. The predicted octanol–water partition coefficient (Wildman–Crippen LogP) is 6.52. The molecule has 2 aromatic carbocycles. The molecule has 2 aromatic rings. The van der Waals surface area contributed by atoms with Crippen LogP contribution in [0.15, 0.2) is 30.3 Å². The van der Waals surface area contributed by atoms with Crippen LogP contribution in [-0.4, -0.2) is 43.6 Å². The van der Waals surface area contributed by atoms with Gasteiger partial charge in [0.05, 0.1) is 36.6 Å². The van der Waals surface area contributed by atoms with E-state index in [2.05, 4.69) is 0 Å². The van der Waals surface area contributed by atoms with Crippen LogP contribution in [0.1, 0.15) is 48.6 Å². The van der Waals surface area contributed by atoms with Crippen molar-refractivity contribution in [2.75, 3.05) is 25.4 Å². The second-order valence-electron chi connectivity index (χ2n) is 8.95. The lowest BCUT2D eigenvalue weighted by Gasteiger charge is -2.42. The van der Waals surface area contributed by atoms with Gasteiger partial charge in [0.2, 0.25) is 6.79 Å². The Hall–Kier alpha value is -3.84. The van der Waals surface area contributed by atoms with Crippen molar-refractivity contribution in [1.29, 1.82) is 0 Å². The minimum atomic E-state index is -5.06. The molecule has 8 nitrogen and oxygen atoms in total. The maximum absolute atomic E-state index is 13.5. The molecule has 0 aromatic heterocycles. The number of carbonyl (C=O) groups excluding carboxylic acids is 2. The Kier molecular flexibility index (Phi) is 7.50. The van der Waals surface area contributed by atoms with Crippen LogP contribution in [0.2, 0.25) is 0 Å². The number of anilines is 1. The zero-order valence-corrected chi connectivity index (χ0v) is 21.0. The number of hydrogen-bond donors (Lipinski definition) is 0. The minimum Gasteiger partial charge on any atom is -0.454 e. The lowest BCUT2D eigenvalue weighted by molar-refractivity contribution is -0.143. The van der Waals surface area contributed by atoms with Crippen molar-refractivity contribution in [3.63, 3.8) is 0 Å². The molecule has 0 bridgehead atoms. The standard InChI is InChI=1S/C25H24F6N2O6/c1-4-37-23(35)33-13(2)5-18(17-9-20-21(10-19(17)33)39-12-38-20)32(22(34)36-3)11-14-6-15(24(26,27)28)8-16(7-14)25(29,30)31/h6-10,13,18H,4-5,11-12H2,1-3H3. The van der Waals surface area contributed by atoms with Gasteiger partial charge in [0.1, 0.15) is 0 Å². The van der Waals surface area contributed by atoms with E-state index in [0.29, 0.717) is 29.2 Å². The fraction of sp³-hybridized carbons (Fsp3) is 0.440. The van der Waals surface area contributed by atoms with Crippen LogP contribution < -0.4 is 14.4 Å². The Morgan fingerprint density at radius 2 is 1.59 bits per heavy atom. The molecular weight excluding hydrogens is 538 g/mol. The van der Waals surface area contributed by atoms with Crippen LogP contribution >= 0.6 is 0 Å². The average Bonchev–Trinajstić information content (AvgIpc) is 3.31. The Morgan fingerprint density at radius 3 is 2.13 bits per heavy atom. The second kappa shape index (κ2) is 10.4. The van der Waals surface area contributed by atoms with Crippen molar-refractivity contribution in [3.05, 3.63) is 52.6 Å². The first-order valence-corrected chi connectivity index (χ1v) is 11.8. The van der Waals surface area contributed by atoms with Crippen LogP contribution in [0.25, 0.3) is 0 Å². The molecule has 2 atom stereocenters. The van der Waals surface area contributed by atoms with Crippen molar-refractivity contribution < 1.29 is 54.9 Å². The first-order chi connectivity index (χ1) is 18.2. The quantitative estimate of drug-likeness (QED) is 0.395. The SMILES string of the molecule is CCOC(=O)N1c2cc3c(cc2C(N(Cc2cc(C(F)(F)F)cc(C(F)(F)F)c2)C(=O)OC)CC1C)OCO3. The van der Waals surface area contributed by atoms with Crippen LogP contribution in [0, 0.1) is 0 Å². The largest absolute Gasteiger partial charge is 0.454 e. The number of carbonyl (C=O) groups is 2. The molecule has 212 valence electrons. The van der Waals surface area contributed by atoms with Crippen molar-refractivity contribution in [3.8, 4) is 11.5 Å². The lowest BCUT2D eigenvalue weighted by atomic mass is 9.90. The molecule has 0 aliphatic carbocycles. The monoisotopic (exact) mass is 562 g/mol. The Morgan fingerprint density at radius 1 is 1.00 bits per heavy atom. The van der Waals surface area contributed by atoms with Crippen molar-refractivity contribution in [2.45, 2.75) is 51.2 Å². The van der Waals surface area contributed by atoms with E-state index in [1.165, 1.54) is 17.0 Å². The third-order valence-electron chi connectivity index (χ3n) is 6.40. The highest BCUT2D eigenvalue weighted by atomic mass is 19.4. The van der Waals surface area contributed by atoms with E-state index in [4.69, 9.17) is 18.9 Å². The summed E-state index contributed by atoms with van der Waals surface area (Å²) in [7, 11) is 1.04. The van der Waals surface area contributed by atoms with Gasteiger partial charge in [-0.05, 0) is 50.1 Å². The van der Waals surface area contributed by atoms with E-state index in [9.17, 15) is 35.9 Å². The molecule has 0 saturated carbocycles. The number of methoxy groups -OCH3 is 1. The third kappa shape index (κ3) is 5.64. The number of ether oxygens (including phenoxy) is 4. The topological polar surface area (TPSA) is 77.5 Å². The van der Waals surface area contributed by atoms with Crippen molar-refractivity contribution >= 4 is 17.9 Å². The summed E-state index contributed by atoms with van der Waals surface area (Å²) in [6.07, 6.45) is -11.7. The van der Waals surface area contributed by atoms with Gasteiger partial charge in [-0.25, -0.2) is 9.59 Å². The maximum Gasteiger partial charge on any atom is 0.416 e. The van der Waals surface area contributed by atoms with Crippen LogP contribution in [-0.2, 0) is 28.4 Å². The third-order valence-corrected chi connectivity index (χ3v) is 6.40. The molecule has 14 heteroatoms. The van der Waals surface area contributed by atoms with Gasteiger partial charge in [-0.1, -0.05) is 0 Å². The van der Waals surface area contributed by atoms with Crippen LogP contribution in [0.3, 0.4) is 0 Å². The molecule has 39 heavy (non-hydrogen) atoms. The van der Waals surface area contributed by atoms with Gasteiger partial charge in [0.15, 0.2) is 11.5 Å². The molecule has 0 saturated heterocycles. The van der Waals surface area contributed by atoms with E-state index < -0.39 is 59.9 Å². The Labute approximate surface area is 219 Å². The Balaban J connectivity index is 1.83. The van der Waals surface area contributed by atoms with E-state index >= 15 is 0 Å². The van der Waals surface area contributed by atoms with Crippen molar-refractivity contribution in [2.24, 2.45) is 0 Å². The van der Waals surface area contributed by atoms with E-state index in [1.807, 2.05) is 0 Å². The van der Waals surface area contributed by atoms with Crippen LogP contribution in [0.4, 0.5) is 41.6 Å². The van der Waals surface area contributed by atoms with Gasteiger partial charge in [-0.3, -0.25) is 9.80 Å². The van der Waals surface area contributed by atoms with Crippen molar-refractivity contribution in [1.82, 2.24) is 4.90 Å². The summed E-state index contributed by atoms with van der Waals surface area (Å²) < 4.78 is 102. The maximum atomic E-state index is 13.5. The fourth-order valence-corrected chi connectivity index (χ4v) is 4.71. The van der Waals surface area contributed by atoms with Crippen LogP contribution in [0.5, 0.6) is 11.5 Å². The lowest BCUT2D eigenvalue weighted by Crippen LogP contribution is -2.47. The summed E-state index contributed by atoms with van der Waals surface area (Å²) in [4.78, 5) is 28.1. The normalized spacial score (nSPS) is 18.4. The number of amides is 2. The zero-order valence-electron chi connectivity index (χ0n) is 21.0. The first-order valence-electron chi connectivity index (χ1n) is 11.8. The molecule has 2 aliphatic heterocycles. The van der Waals surface area contributed by atoms with Gasteiger partial charge in [-0.2, -0.15) is 26.3 Å². The number of benzene rings is 2. The summed E-state index contributed by atoms with van der Waals surface area (Å²) in [6, 6.07) is 2.64. The molecular formula is C25H24F6N2O6. The highest BCUT2D eigenvalue weighted by Crippen LogP contribution is 2.48. The van der Waals surface area contributed by atoms with Gasteiger partial charge < -0.3 is 18.9 Å². The first kappa shape index (κ1) is 28.2. The van der Waals surface area contributed by atoms with Gasteiger partial charge in [0, 0.05) is 24.2 Å². The smallest absolute Gasteiger partial charge is 0.416 e. The number of rotatable bonds is 4. The summed E-state index contributed by atoms with van der Waals surface area (Å²) in [5, 5.41) is 0. The minimum absolute atomic E-state index is 0.0157. The molecule has 2 aliphatic rings. The number of nitrogens with zero attached hydrogens (tertiary/aromatic N) is 2. The van der Waals surface area contributed by atoms with Gasteiger partial charge in [0.25, 0.3) is 0 Å². The fourth-order valence-electron chi connectivity index (χ4n) is 4.71. The molecule has 2 amide bonds. The van der Waals surface area contributed by atoms with E-state index in [-0.39, 0.29) is 31.6 Å². The highest BCUT2D eigenvalue weighted by Gasteiger charge is 2.42. The molecule has 4 rings (SSSR count). The number of fused-ring (bicyclic) bond motifs is 2. The average molecular weight is 562 g/mol. The Bertz CT molecular complexity index is 1230. The number of halogens is 6. The molecule has 0 N–H and O–H groups in total. The number of alkyl halides is 6. The summed E-state index contributed by atoms with van der Waals surface area (Å²) in [5.41, 5.74) is -2.79. The summed E-state index contributed by atoms with van der Waals surface area (Å²) >= 11 is 0. The zero-order chi connectivity index (χ0) is 28.7. The summed E-state index contributed by atoms with van der Waals surface area (Å²) in [6.45, 7) is 2.61. The highest BCUT2D eigenvalue weighted by molar-refractivity contribution is 5.91.